The molecule has 0 saturated carbocycles. The molecule has 18 heavy (non-hydrogen) atoms. The molecule has 0 bridgehead atoms. The Morgan fingerprint density at radius 3 is 2.78 bits per heavy atom. The van der Waals surface area contributed by atoms with E-state index in [0.717, 1.165) is 0 Å². The fourth-order valence-corrected chi connectivity index (χ4v) is 1.96. The van der Waals surface area contributed by atoms with Gasteiger partial charge in [-0.2, -0.15) is 0 Å². The van der Waals surface area contributed by atoms with Crippen LogP contribution in [0, 0.1) is 26.0 Å². The van der Waals surface area contributed by atoms with Crippen LogP contribution in [0.25, 0.3) is 0 Å². The van der Waals surface area contributed by atoms with Gasteiger partial charge in [-0.15, -0.1) is 6.42 Å². The molecule has 1 amide bonds. The molecule has 1 aromatic carbocycles. The van der Waals surface area contributed by atoms with Gasteiger partial charge in [-0.1, -0.05) is 5.92 Å². The molecule has 0 spiro atoms. The average molecular weight is 358 g/mol. The zero-order valence-electron chi connectivity index (χ0n) is 9.72. The van der Waals surface area contributed by atoms with Gasteiger partial charge in [-0.05, 0) is 35.6 Å². The van der Waals surface area contributed by atoms with Crippen LogP contribution < -0.4 is 0 Å². The van der Waals surface area contributed by atoms with Crippen LogP contribution in [0.2, 0.25) is 0 Å². The smallest absolute Gasteiger partial charge is 0.270 e. The number of nitrogens with zero attached hydrogens (tertiary/aromatic N) is 2. The number of terminal acetylenes is 1. The lowest BCUT2D eigenvalue weighted by molar-refractivity contribution is -0.384. The van der Waals surface area contributed by atoms with E-state index >= 15 is 0 Å². The number of nitro groups is 1. The first kappa shape index (κ1) is 14.4. The summed E-state index contributed by atoms with van der Waals surface area (Å²) in [4.78, 5) is 23.8. The van der Waals surface area contributed by atoms with E-state index in [-0.39, 0.29) is 18.1 Å². The number of rotatable bonds is 4. The third-order valence-corrected chi connectivity index (χ3v) is 3.28. The SMILES string of the molecule is C#CCN(CC)C(=O)c1cc([N+](=O)[O-])ccc1I. The van der Waals surface area contributed by atoms with E-state index < -0.39 is 4.92 Å². The highest BCUT2D eigenvalue weighted by atomic mass is 127. The summed E-state index contributed by atoms with van der Waals surface area (Å²) in [5, 5.41) is 10.7. The first-order valence-corrected chi connectivity index (χ1v) is 6.25. The molecule has 0 aromatic heterocycles. The van der Waals surface area contributed by atoms with Crippen LogP contribution in [0.5, 0.6) is 0 Å². The number of hydrogen-bond acceptors (Lipinski definition) is 3. The summed E-state index contributed by atoms with van der Waals surface area (Å²) >= 11 is 1.97. The Morgan fingerprint density at radius 2 is 2.28 bits per heavy atom. The Morgan fingerprint density at radius 1 is 1.61 bits per heavy atom. The Labute approximate surface area is 118 Å². The van der Waals surface area contributed by atoms with Gasteiger partial charge in [0, 0.05) is 22.2 Å². The number of carbonyl (C=O) groups is 1. The van der Waals surface area contributed by atoms with E-state index in [1.54, 1.807) is 13.0 Å². The minimum atomic E-state index is -0.523. The lowest BCUT2D eigenvalue weighted by Crippen LogP contribution is -2.31. The van der Waals surface area contributed by atoms with Gasteiger partial charge >= 0.3 is 0 Å². The molecule has 0 fully saturated rings. The van der Waals surface area contributed by atoms with Crippen LogP contribution in [0.1, 0.15) is 17.3 Å². The maximum atomic E-state index is 12.2. The largest absolute Gasteiger partial charge is 0.328 e. The molecule has 0 atom stereocenters. The Hall–Kier alpha value is -1.62. The summed E-state index contributed by atoms with van der Waals surface area (Å²) in [5.74, 6) is 2.11. The quantitative estimate of drug-likeness (QED) is 0.359. The van der Waals surface area contributed by atoms with Crippen molar-refractivity contribution in [2.75, 3.05) is 13.1 Å². The van der Waals surface area contributed by atoms with Crippen LogP contribution in [-0.2, 0) is 0 Å². The van der Waals surface area contributed by atoms with Gasteiger partial charge in [0.2, 0.25) is 0 Å². The summed E-state index contributed by atoms with van der Waals surface area (Å²) in [5.41, 5.74) is 0.206. The number of non-ortho nitro benzene ring substituents is 1. The van der Waals surface area contributed by atoms with E-state index in [2.05, 4.69) is 5.92 Å². The predicted molar refractivity (Wildman–Crippen MR) is 76.2 cm³/mol. The van der Waals surface area contributed by atoms with Crippen molar-refractivity contribution in [2.24, 2.45) is 0 Å². The molecule has 0 saturated heterocycles. The standard InChI is InChI=1S/C12H11IN2O3/c1-3-7-14(4-2)12(16)10-8-9(15(17)18)5-6-11(10)13/h1,5-6,8H,4,7H2,2H3. The van der Waals surface area contributed by atoms with Crippen molar-refractivity contribution in [2.45, 2.75) is 6.92 Å². The molecule has 0 N–H and O–H groups in total. The minimum absolute atomic E-state index is 0.101. The van der Waals surface area contributed by atoms with E-state index in [0.29, 0.717) is 15.7 Å². The van der Waals surface area contributed by atoms with Crippen LogP contribution in [0.4, 0.5) is 5.69 Å². The number of nitro benzene ring substituents is 1. The van der Waals surface area contributed by atoms with Crippen molar-refractivity contribution in [3.63, 3.8) is 0 Å². The molecule has 0 aliphatic heterocycles. The molecule has 0 unspecified atom stereocenters. The van der Waals surface area contributed by atoms with Crippen molar-refractivity contribution in [1.82, 2.24) is 4.90 Å². The fraction of sp³-hybridized carbons (Fsp3) is 0.250. The molecule has 0 aliphatic rings. The highest BCUT2D eigenvalue weighted by molar-refractivity contribution is 14.1. The van der Waals surface area contributed by atoms with Gasteiger partial charge < -0.3 is 4.90 Å². The van der Waals surface area contributed by atoms with Gasteiger partial charge in [0.25, 0.3) is 11.6 Å². The van der Waals surface area contributed by atoms with Crippen molar-refractivity contribution < 1.29 is 9.72 Å². The number of halogens is 1. The van der Waals surface area contributed by atoms with Gasteiger partial charge in [0.15, 0.2) is 0 Å². The van der Waals surface area contributed by atoms with Crippen molar-refractivity contribution >= 4 is 34.2 Å². The van der Waals surface area contributed by atoms with Gasteiger partial charge in [0.1, 0.15) is 0 Å². The topological polar surface area (TPSA) is 63.5 Å². The number of amides is 1. The maximum Gasteiger partial charge on any atom is 0.270 e. The van der Waals surface area contributed by atoms with E-state index in [9.17, 15) is 14.9 Å². The van der Waals surface area contributed by atoms with Gasteiger partial charge in [0.05, 0.1) is 17.0 Å². The first-order valence-electron chi connectivity index (χ1n) is 5.18. The number of hydrogen-bond donors (Lipinski definition) is 0. The summed E-state index contributed by atoms with van der Waals surface area (Å²) in [6.07, 6.45) is 5.18. The maximum absolute atomic E-state index is 12.2. The molecule has 0 aliphatic carbocycles. The average Bonchev–Trinajstić information content (AvgIpc) is 2.35. The zero-order valence-corrected chi connectivity index (χ0v) is 11.9. The molecular weight excluding hydrogens is 347 g/mol. The molecule has 94 valence electrons. The monoisotopic (exact) mass is 358 g/mol. The summed E-state index contributed by atoms with van der Waals surface area (Å²) in [7, 11) is 0. The fourth-order valence-electron chi connectivity index (χ4n) is 1.40. The first-order chi connectivity index (χ1) is 8.51. The molecule has 6 heteroatoms. The second-order valence-corrected chi connectivity index (χ2v) is 4.61. The third kappa shape index (κ3) is 3.20. The predicted octanol–water partition coefficient (Wildman–Crippen LogP) is 2.29. The Kier molecular flexibility index (Phi) is 5.09. The highest BCUT2D eigenvalue weighted by Crippen LogP contribution is 2.21. The lowest BCUT2D eigenvalue weighted by Gasteiger charge is -2.18. The summed E-state index contributed by atoms with van der Waals surface area (Å²) < 4.78 is 0.665. The molecule has 5 nitrogen and oxygen atoms in total. The second kappa shape index (κ2) is 6.35. The van der Waals surface area contributed by atoms with Gasteiger partial charge in [-0.3, -0.25) is 14.9 Å². The van der Waals surface area contributed by atoms with Gasteiger partial charge in [-0.25, -0.2) is 0 Å². The molecular formula is C12H11IN2O3. The van der Waals surface area contributed by atoms with Crippen LogP contribution in [-0.4, -0.2) is 28.8 Å². The van der Waals surface area contributed by atoms with Crippen LogP contribution >= 0.6 is 22.6 Å². The van der Waals surface area contributed by atoms with E-state index in [1.165, 1.54) is 17.0 Å². The van der Waals surface area contributed by atoms with Crippen molar-refractivity contribution in [3.8, 4) is 12.3 Å². The third-order valence-electron chi connectivity index (χ3n) is 2.34. The molecule has 0 heterocycles. The van der Waals surface area contributed by atoms with E-state index in [4.69, 9.17) is 6.42 Å². The van der Waals surface area contributed by atoms with E-state index in [1.807, 2.05) is 22.6 Å². The van der Waals surface area contributed by atoms with Crippen molar-refractivity contribution in [3.05, 3.63) is 37.4 Å². The summed E-state index contributed by atoms with van der Waals surface area (Å²) in [6.45, 7) is 2.45. The number of benzene rings is 1. The van der Waals surface area contributed by atoms with Crippen molar-refractivity contribution in [1.29, 1.82) is 0 Å². The minimum Gasteiger partial charge on any atom is -0.328 e. The lowest BCUT2D eigenvalue weighted by atomic mass is 10.1. The van der Waals surface area contributed by atoms with Crippen LogP contribution in [0.15, 0.2) is 18.2 Å². The van der Waals surface area contributed by atoms with Crippen LogP contribution in [0.3, 0.4) is 0 Å². The second-order valence-electron chi connectivity index (χ2n) is 3.44. The molecule has 1 aromatic rings. The normalized spacial score (nSPS) is 9.61. The highest BCUT2D eigenvalue weighted by Gasteiger charge is 2.19. The zero-order chi connectivity index (χ0) is 13.7. The Balaban J connectivity index is 3.15. The molecule has 1 rings (SSSR count). The molecule has 0 radical (unpaired) electrons. The Bertz CT molecular complexity index is 523. The summed E-state index contributed by atoms with van der Waals surface area (Å²) in [6, 6.07) is 4.20. The number of carbonyl (C=O) groups excluding carboxylic acids is 1.